The van der Waals surface area contributed by atoms with E-state index in [2.05, 4.69) is 0 Å². The summed E-state index contributed by atoms with van der Waals surface area (Å²) in [5.74, 6) is 1.22. The Morgan fingerprint density at radius 2 is 1.34 bits per heavy atom. The van der Waals surface area contributed by atoms with Crippen LogP contribution in [-0.2, 0) is 10.0 Å². The number of non-ortho nitro benzene ring substituents is 1. The van der Waals surface area contributed by atoms with Crippen LogP contribution in [0.1, 0.15) is 5.56 Å². The van der Waals surface area contributed by atoms with Crippen LogP contribution in [0, 0.1) is 10.1 Å². The number of rotatable bonds is 8. The van der Waals surface area contributed by atoms with Crippen LogP contribution in [0.25, 0.3) is 0 Å². The standard InChI is InChI=1S/C27H22ClN3O6S/c1-36-24-13-7-21(8-14-24)29-27(19-3-5-20(28)6-4-19)30(22-9-15-25(37-2)16-10-22)38(34,35)26-17-11-23(12-18-26)31(32)33/h3-18H,1-2H3. The van der Waals surface area contributed by atoms with Gasteiger partial charge in [0.2, 0.25) is 0 Å². The number of halogens is 1. The zero-order valence-electron chi connectivity index (χ0n) is 20.3. The van der Waals surface area contributed by atoms with E-state index in [4.69, 9.17) is 26.1 Å². The first-order valence-electron chi connectivity index (χ1n) is 11.2. The Morgan fingerprint density at radius 1 is 0.816 bits per heavy atom. The maximum Gasteiger partial charge on any atom is 0.269 e. The van der Waals surface area contributed by atoms with Gasteiger partial charge in [0, 0.05) is 22.7 Å². The van der Waals surface area contributed by atoms with E-state index in [1.54, 1.807) is 79.9 Å². The van der Waals surface area contributed by atoms with Gasteiger partial charge in [-0.25, -0.2) is 17.7 Å². The van der Waals surface area contributed by atoms with E-state index in [0.717, 1.165) is 16.4 Å². The molecule has 0 unspecified atom stereocenters. The highest BCUT2D eigenvalue weighted by molar-refractivity contribution is 7.93. The molecule has 0 radical (unpaired) electrons. The van der Waals surface area contributed by atoms with E-state index in [0.29, 0.717) is 27.8 Å². The van der Waals surface area contributed by atoms with E-state index in [1.807, 2.05) is 0 Å². The zero-order chi connectivity index (χ0) is 27.3. The number of nitro groups is 1. The molecule has 0 aromatic heterocycles. The highest BCUT2D eigenvalue weighted by Gasteiger charge is 2.31. The Kier molecular flexibility index (Phi) is 7.94. The minimum absolute atomic E-state index is 0.0790. The largest absolute Gasteiger partial charge is 0.497 e. The number of benzene rings is 4. The molecule has 4 aromatic rings. The van der Waals surface area contributed by atoms with Gasteiger partial charge in [-0.2, -0.15) is 0 Å². The van der Waals surface area contributed by atoms with Crippen molar-refractivity contribution in [1.29, 1.82) is 0 Å². The molecule has 0 N–H and O–H groups in total. The monoisotopic (exact) mass is 551 g/mol. The summed E-state index contributed by atoms with van der Waals surface area (Å²) in [6.45, 7) is 0. The quantitative estimate of drug-likeness (QED) is 0.111. The average Bonchev–Trinajstić information content (AvgIpc) is 2.94. The van der Waals surface area contributed by atoms with Crippen LogP contribution in [0.5, 0.6) is 11.5 Å². The molecule has 0 saturated heterocycles. The summed E-state index contributed by atoms with van der Waals surface area (Å²) < 4.78 is 39.8. The normalized spacial score (nSPS) is 11.6. The van der Waals surface area contributed by atoms with Crippen LogP contribution in [-0.4, -0.2) is 33.4 Å². The maximum absolute atomic E-state index is 14.1. The van der Waals surface area contributed by atoms with E-state index < -0.39 is 14.9 Å². The maximum atomic E-state index is 14.1. The second-order valence-corrected chi connectivity index (χ2v) is 10.1. The van der Waals surface area contributed by atoms with Crippen LogP contribution in [0.15, 0.2) is 107 Å². The summed E-state index contributed by atoms with van der Waals surface area (Å²) in [6, 6.07) is 24.5. The highest BCUT2D eigenvalue weighted by atomic mass is 35.5. The Morgan fingerprint density at radius 3 is 1.84 bits per heavy atom. The number of ether oxygens (including phenoxy) is 2. The smallest absolute Gasteiger partial charge is 0.269 e. The van der Waals surface area contributed by atoms with Gasteiger partial charge in [0.25, 0.3) is 15.7 Å². The molecular formula is C27H22ClN3O6S. The van der Waals surface area contributed by atoms with E-state index in [9.17, 15) is 18.5 Å². The summed E-state index contributed by atoms with van der Waals surface area (Å²) in [4.78, 5) is 15.1. The third-order valence-corrected chi connectivity index (χ3v) is 7.48. The van der Waals surface area contributed by atoms with Crippen molar-refractivity contribution in [3.05, 3.63) is 118 Å². The first-order chi connectivity index (χ1) is 18.2. The molecule has 194 valence electrons. The number of anilines is 1. The van der Waals surface area contributed by atoms with Gasteiger partial charge in [0.15, 0.2) is 5.84 Å². The lowest BCUT2D eigenvalue weighted by molar-refractivity contribution is -0.384. The van der Waals surface area contributed by atoms with Gasteiger partial charge in [-0.1, -0.05) is 11.6 Å². The Bertz CT molecular complexity index is 1560. The van der Waals surface area contributed by atoms with Crippen LogP contribution < -0.4 is 13.8 Å². The van der Waals surface area contributed by atoms with Crippen molar-refractivity contribution in [2.24, 2.45) is 4.99 Å². The third-order valence-electron chi connectivity index (χ3n) is 5.49. The van der Waals surface area contributed by atoms with Crippen molar-refractivity contribution in [2.45, 2.75) is 4.90 Å². The molecule has 0 amide bonds. The van der Waals surface area contributed by atoms with Gasteiger partial charge in [0.05, 0.1) is 35.4 Å². The number of nitro benzene ring substituents is 1. The number of nitrogens with zero attached hydrogens (tertiary/aromatic N) is 3. The van der Waals surface area contributed by atoms with Crippen molar-refractivity contribution >= 4 is 44.5 Å². The Balaban J connectivity index is 1.96. The van der Waals surface area contributed by atoms with Crippen molar-refractivity contribution < 1.29 is 22.8 Å². The van der Waals surface area contributed by atoms with Gasteiger partial charge >= 0.3 is 0 Å². The second kappa shape index (κ2) is 11.3. The molecule has 0 spiro atoms. The lowest BCUT2D eigenvalue weighted by atomic mass is 10.2. The summed E-state index contributed by atoms with van der Waals surface area (Å²) in [5.41, 5.74) is 0.968. The molecule has 38 heavy (non-hydrogen) atoms. The molecule has 0 atom stereocenters. The minimum atomic E-state index is -4.33. The first-order valence-corrected chi connectivity index (χ1v) is 13.0. The lowest BCUT2D eigenvalue weighted by Crippen LogP contribution is -2.37. The average molecular weight is 552 g/mol. The molecule has 4 aromatic carbocycles. The summed E-state index contributed by atoms with van der Waals surface area (Å²) in [7, 11) is -1.28. The van der Waals surface area contributed by atoms with Gasteiger partial charge < -0.3 is 9.47 Å². The fourth-order valence-electron chi connectivity index (χ4n) is 3.54. The fourth-order valence-corrected chi connectivity index (χ4v) is 5.13. The predicted octanol–water partition coefficient (Wildman–Crippen LogP) is 6.24. The summed E-state index contributed by atoms with van der Waals surface area (Å²) >= 11 is 6.11. The number of hydrogen-bond acceptors (Lipinski definition) is 7. The Labute approximate surface area is 224 Å². The van der Waals surface area contributed by atoms with Crippen molar-refractivity contribution in [3.63, 3.8) is 0 Å². The van der Waals surface area contributed by atoms with Gasteiger partial charge in [0.1, 0.15) is 11.5 Å². The molecule has 0 fully saturated rings. The molecular weight excluding hydrogens is 530 g/mol. The Hall–Kier alpha value is -4.41. The third kappa shape index (κ3) is 5.77. The van der Waals surface area contributed by atoms with Crippen LogP contribution in [0.4, 0.5) is 17.1 Å². The first kappa shape index (κ1) is 26.6. The SMILES string of the molecule is COc1ccc(N=C(c2ccc(Cl)cc2)N(c2ccc(OC)cc2)S(=O)(=O)c2ccc([N+](=O)[O-])cc2)cc1. The van der Waals surface area contributed by atoms with Crippen LogP contribution in [0.2, 0.25) is 5.02 Å². The number of methoxy groups -OCH3 is 2. The van der Waals surface area contributed by atoms with Gasteiger partial charge in [-0.05, 0) is 84.9 Å². The van der Waals surface area contributed by atoms with Gasteiger partial charge in [-0.15, -0.1) is 0 Å². The molecule has 0 saturated carbocycles. The lowest BCUT2D eigenvalue weighted by Gasteiger charge is -2.26. The molecule has 9 nitrogen and oxygen atoms in total. The van der Waals surface area contributed by atoms with E-state index >= 15 is 0 Å². The molecule has 0 aliphatic heterocycles. The predicted molar refractivity (Wildman–Crippen MR) is 146 cm³/mol. The molecule has 0 heterocycles. The summed E-state index contributed by atoms with van der Waals surface area (Å²) in [6.07, 6.45) is 0. The number of amidine groups is 1. The van der Waals surface area contributed by atoms with Crippen LogP contribution >= 0.6 is 11.6 Å². The second-order valence-electron chi connectivity index (χ2n) is 7.86. The molecule has 0 aliphatic carbocycles. The van der Waals surface area contributed by atoms with E-state index in [-0.39, 0.29) is 22.1 Å². The van der Waals surface area contributed by atoms with Crippen LogP contribution in [0.3, 0.4) is 0 Å². The van der Waals surface area contributed by atoms with Crippen molar-refractivity contribution in [3.8, 4) is 11.5 Å². The molecule has 4 rings (SSSR count). The number of aliphatic imine (C=N–C) groups is 1. The molecule has 0 aliphatic rings. The molecule has 11 heteroatoms. The highest BCUT2D eigenvalue weighted by Crippen LogP contribution is 2.31. The topological polar surface area (TPSA) is 111 Å². The van der Waals surface area contributed by atoms with Crippen molar-refractivity contribution in [2.75, 3.05) is 18.5 Å². The zero-order valence-corrected chi connectivity index (χ0v) is 21.9. The molecule has 0 bridgehead atoms. The van der Waals surface area contributed by atoms with Crippen molar-refractivity contribution in [1.82, 2.24) is 0 Å². The van der Waals surface area contributed by atoms with E-state index in [1.165, 1.54) is 19.2 Å². The summed E-state index contributed by atoms with van der Waals surface area (Å²) in [5, 5.41) is 11.6. The van der Waals surface area contributed by atoms with Gasteiger partial charge in [-0.3, -0.25) is 10.1 Å². The fraction of sp³-hybridized carbons (Fsp3) is 0.0741. The number of hydrogen-bond donors (Lipinski definition) is 0. The number of sulfonamides is 1. The minimum Gasteiger partial charge on any atom is -0.497 e.